The van der Waals surface area contributed by atoms with Crippen LogP contribution >= 0.6 is 23.2 Å². The number of hydrogen-bond donors (Lipinski definition) is 2. The van der Waals surface area contributed by atoms with E-state index in [1.807, 2.05) is 6.07 Å². The van der Waals surface area contributed by atoms with Crippen LogP contribution in [0.2, 0.25) is 10.0 Å². The van der Waals surface area contributed by atoms with Gasteiger partial charge in [-0.2, -0.15) is 0 Å². The largest absolute Gasteiger partial charge is 0.480 e. The highest BCUT2D eigenvalue weighted by Gasteiger charge is 2.25. The first-order valence-electron chi connectivity index (χ1n) is 10.3. The van der Waals surface area contributed by atoms with Gasteiger partial charge in [0.1, 0.15) is 6.04 Å². The third-order valence-corrected chi connectivity index (χ3v) is 6.11. The van der Waals surface area contributed by atoms with E-state index in [9.17, 15) is 19.5 Å². The summed E-state index contributed by atoms with van der Waals surface area (Å²) in [5, 5.41) is 13.2. The van der Waals surface area contributed by atoms with E-state index in [1.165, 1.54) is 16.7 Å². The smallest absolute Gasteiger partial charge is 0.326 e. The number of carbonyl (C=O) groups excluding carboxylic acids is 1. The van der Waals surface area contributed by atoms with Gasteiger partial charge in [-0.3, -0.25) is 14.6 Å². The van der Waals surface area contributed by atoms with E-state index in [2.05, 4.69) is 10.3 Å². The molecule has 1 atom stereocenters. The van der Waals surface area contributed by atoms with Gasteiger partial charge in [0.25, 0.3) is 11.5 Å². The number of aliphatic carboxylic acids is 1. The van der Waals surface area contributed by atoms with Gasteiger partial charge < -0.3 is 15.0 Å². The van der Waals surface area contributed by atoms with Crippen LogP contribution < -0.4 is 10.9 Å². The van der Waals surface area contributed by atoms with Crippen molar-refractivity contribution in [3.05, 3.63) is 98.5 Å². The molecule has 7 nitrogen and oxygen atoms in total. The zero-order valence-electron chi connectivity index (χ0n) is 18.0. The van der Waals surface area contributed by atoms with E-state index in [0.717, 1.165) is 0 Å². The summed E-state index contributed by atoms with van der Waals surface area (Å²) in [5.41, 5.74) is 2.19. The quantitative estimate of drug-likeness (QED) is 0.414. The molecule has 0 aliphatic carbocycles. The Morgan fingerprint density at radius 2 is 1.76 bits per heavy atom. The topological polar surface area (TPSA) is 101 Å². The molecule has 0 aliphatic heterocycles. The molecule has 172 valence electrons. The Labute approximate surface area is 204 Å². The number of nitrogens with zero attached hydrogens (tertiary/aromatic N) is 2. The van der Waals surface area contributed by atoms with E-state index < -0.39 is 17.9 Å². The highest BCUT2D eigenvalue weighted by atomic mass is 35.5. The average molecular weight is 496 g/mol. The van der Waals surface area contributed by atoms with Crippen molar-refractivity contribution in [3.8, 4) is 11.1 Å². The Bertz CT molecular complexity index is 1460. The fourth-order valence-corrected chi connectivity index (χ4v) is 4.37. The van der Waals surface area contributed by atoms with Crippen LogP contribution in [0.3, 0.4) is 0 Å². The third kappa shape index (κ3) is 4.53. The minimum atomic E-state index is -1.26. The second-order valence-electron chi connectivity index (χ2n) is 7.67. The van der Waals surface area contributed by atoms with Crippen molar-refractivity contribution in [1.82, 2.24) is 14.9 Å². The summed E-state index contributed by atoms with van der Waals surface area (Å²) in [4.78, 5) is 41.9. The molecule has 2 aromatic carbocycles. The lowest BCUT2D eigenvalue weighted by atomic mass is 9.95. The maximum Gasteiger partial charge on any atom is 0.326 e. The molecule has 4 rings (SSSR count). The lowest BCUT2D eigenvalue weighted by Gasteiger charge is -2.17. The molecular weight excluding hydrogens is 477 g/mol. The fourth-order valence-electron chi connectivity index (χ4n) is 3.80. The molecule has 0 saturated carbocycles. The lowest BCUT2D eigenvalue weighted by Crippen LogP contribution is -2.42. The van der Waals surface area contributed by atoms with Gasteiger partial charge in [0.05, 0.1) is 21.1 Å². The predicted molar refractivity (Wildman–Crippen MR) is 131 cm³/mol. The van der Waals surface area contributed by atoms with E-state index in [1.54, 1.807) is 55.8 Å². The lowest BCUT2D eigenvalue weighted by molar-refractivity contribution is -0.139. The molecule has 1 amide bonds. The van der Waals surface area contributed by atoms with Crippen LogP contribution in [0.1, 0.15) is 15.9 Å². The minimum absolute atomic E-state index is 0.00957. The Balaban J connectivity index is 1.72. The van der Waals surface area contributed by atoms with Gasteiger partial charge in [-0.1, -0.05) is 47.5 Å². The van der Waals surface area contributed by atoms with Gasteiger partial charge in [-0.05, 0) is 41.5 Å². The molecule has 0 fully saturated rings. The molecule has 0 spiro atoms. The van der Waals surface area contributed by atoms with Gasteiger partial charge >= 0.3 is 5.97 Å². The number of halogens is 2. The van der Waals surface area contributed by atoms with Gasteiger partial charge in [-0.25, -0.2) is 4.79 Å². The van der Waals surface area contributed by atoms with Crippen LogP contribution in [-0.2, 0) is 18.3 Å². The van der Waals surface area contributed by atoms with Crippen molar-refractivity contribution in [2.45, 2.75) is 12.5 Å². The number of carboxylic acids is 1. The number of aryl methyl sites for hydroxylation is 1. The minimum Gasteiger partial charge on any atom is -0.480 e. The van der Waals surface area contributed by atoms with Crippen LogP contribution in [0.5, 0.6) is 0 Å². The van der Waals surface area contributed by atoms with Crippen molar-refractivity contribution < 1.29 is 14.7 Å². The summed E-state index contributed by atoms with van der Waals surface area (Å²) >= 11 is 12.2. The zero-order chi connectivity index (χ0) is 24.4. The second kappa shape index (κ2) is 9.67. The van der Waals surface area contributed by atoms with Crippen LogP contribution in [0.4, 0.5) is 0 Å². The standard InChI is InChI=1S/C25H19Cl2N3O4/c1-30-12-4-6-17(24(30)32)15-10-9-14(22-16(15)5-3-11-28-22)13-20(25(33)34)29-23(31)21-18(26)7-2-8-19(21)27/h2-12,20H,13H2,1H3,(H,29,31)(H,33,34). The number of aromatic nitrogens is 2. The normalized spacial score (nSPS) is 11.9. The predicted octanol–water partition coefficient (Wildman–Crippen LogP) is 4.33. The maximum absolute atomic E-state index is 12.8. The number of rotatable bonds is 6. The second-order valence-corrected chi connectivity index (χ2v) is 8.49. The van der Waals surface area contributed by atoms with Crippen molar-refractivity contribution in [3.63, 3.8) is 0 Å². The summed E-state index contributed by atoms with van der Waals surface area (Å²) in [6.45, 7) is 0. The molecule has 2 aromatic heterocycles. The SMILES string of the molecule is Cn1cccc(-c2ccc(CC(NC(=O)c3c(Cl)cccc3Cl)C(=O)O)c3ncccc23)c1=O. The van der Waals surface area contributed by atoms with Crippen molar-refractivity contribution in [1.29, 1.82) is 0 Å². The van der Waals surface area contributed by atoms with Crippen molar-refractivity contribution >= 4 is 46.0 Å². The summed E-state index contributed by atoms with van der Waals surface area (Å²) < 4.78 is 1.49. The maximum atomic E-state index is 12.8. The Morgan fingerprint density at radius 3 is 2.47 bits per heavy atom. The fraction of sp³-hybridized carbons (Fsp3) is 0.120. The van der Waals surface area contributed by atoms with Crippen molar-refractivity contribution in [2.24, 2.45) is 7.05 Å². The highest BCUT2D eigenvalue weighted by Crippen LogP contribution is 2.29. The number of hydrogen-bond acceptors (Lipinski definition) is 4. The van der Waals surface area contributed by atoms with Gasteiger partial charge in [-0.15, -0.1) is 0 Å². The van der Waals surface area contributed by atoms with Crippen LogP contribution in [0, 0.1) is 0 Å². The van der Waals surface area contributed by atoms with Crippen LogP contribution in [-0.4, -0.2) is 32.6 Å². The number of carboxylic acid groups (broad SMARTS) is 1. The Kier molecular flexibility index (Phi) is 6.68. The Morgan fingerprint density at radius 1 is 1.03 bits per heavy atom. The molecule has 0 radical (unpaired) electrons. The van der Waals surface area contributed by atoms with E-state index >= 15 is 0 Å². The number of nitrogens with one attached hydrogen (secondary N) is 1. The first-order chi connectivity index (χ1) is 16.3. The van der Waals surface area contributed by atoms with Gasteiger partial charge in [0.2, 0.25) is 0 Å². The van der Waals surface area contributed by atoms with Crippen LogP contribution in [0.15, 0.2) is 71.8 Å². The van der Waals surface area contributed by atoms with E-state index in [4.69, 9.17) is 23.2 Å². The zero-order valence-corrected chi connectivity index (χ0v) is 19.5. The van der Waals surface area contributed by atoms with Crippen molar-refractivity contribution in [2.75, 3.05) is 0 Å². The molecule has 34 heavy (non-hydrogen) atoms. The molecule has 0 bridgehead atoms. The molecule has 0 saturated heterocycles. The molecule has 2 heterocycles. The summed E-state index contributed by atoms with van der Waals surface area (Å²) in [6.07, 6.45) is 3.23. The van der Waals surface area contributed by atoms with Crippen LogP contribution in [0.25, 0.3) is 22.0 Å². The molecular formula is C25H19Cl2N3O4. The number of carbonyl (C=O) groups is 2. The number of pyridine rings is 2. The first-order valence-corrected chi connectivity index (χ1v) is 11.0. The number of benzene rings is 2. The monoisotopic (exact) mass is 495 g/mol. The molecule has 4 aromatic rings. The first kappa shape index (κ1) is 23.5. The molecule has 0 aliphatic rings. The average Bonchev–Trinajstić information content (AvgIpc) is 2.80. The summed E-state index contributed by atoms with van der Waals surface area (Å²) in [6, 6.07) is 13.9. The molecule has 1 unspecified atom stereocenters. The summed E-state index contributed by atoms with van der Waals surface area (Å²) in [5.74, 6) is -1.91. The number of amides is 1. The highest BCUT2D eigenvalue weighted by molar-refractivity contribution is 6.39. The van der Waals surface area contributed by atoms with Gasteiger partial charge in [0.15, 0.2) is 0 Å². The molecule has 2 N–H and O–H groups in total. The summed E-state index contributed by atoms with van der Waals surface area (Å²) in [7, 11) is 1.67. The Hall–Kier alpha value is -3.68. The van der Waals surface area contributed by atoms with E-state index in [0.29, 0.717) is 27.6 Å². The molecule has 9 heteroatoms. The van der Waals surface area contributed by atoms with E-state index in [-0.39, 0.29) is 27.6 Å². The third-order valence-electron chi connectivity index (χ3n) is 5.48. The van der Waals surface area contributed by atoms with Gasteiger partial charge in [0, 0.05) is 36.8 Å². The number of fused-ring (bicyclic) bond motifs is 1.